The molecule has 0 aromatic heterocycles. The van der Waals surface area contributed by atoms with E-state index in [9.17, 15) is 9.59 Å². The fourth-order valence-corrected chi connectivity index (χ4v) is 4.24. The molecule has 2 aromatic rings. The van der Waals surface area contributed by atoms with Crippen LogP contribution in [0.4, 0.5) is 0 Å². The zero-order valence-electron chi connectivity index (χ0n) is 20.1. The first kappa shape index (κ1) is 24.4. The standard InChI is InChI=1S/C26H34N2O5/c1-17(2)14-27-26(30)21-16-28(24(29)11-18-9-7-6-8-10-18)15-20(21)19-12-22(31-3)25(33-5)23(13-19)32-4/h6-10,12-13,17,20-21H,11,14-16H2,1-5H3,(H,27,30). The normalized spacial score (nSPS) is 17.7. The SMILES string of the molecule is COc1cc(C2CN(C(=O)Cc3ccccc3)CC2C(=O)NCC(C)C)cc(OC)c1OC. The third-order valence-corrected chi connectivity index (χ3v) is 6.01. The predicted octanol–water partition coefficient (Wildman–Crippen LogP) is 3.27. The molecule has 0 radical (unpaired) electrons. The third-order valence-electron chi connectivity index (χ3n) is 6.01. The molecule has 1 heterocycles. The van der Waals surface area contributed by atoms with Crippen LogP contribution in [0.5, 0.6) is 17.2 Å². The Balaban J connectivity index is 1.90. The minimum atomic E-state index is -0.369. The number of hydrogen-bond donors (Lipinski definition) is 1. The number of nitrogens with zero attached hydrogens (tertiary/aromatic N) is 1. The molecule has 3 rings (SSSR count). The quantitative estimate of drug-likeness (QED) is 0.629. The van der Waals surface area contributed by atoms with Crippen molar-refractivity contribution in [2.75, 3.05) is 41.0 Å². The topological polar surface area (TPSA) is 77.1 Å². The summed E-state index contributed by atoms with van der Waals surface area (Å²) in [4.78, 5) is 28.0. The number of carbonyl (C=O) groups excluding carboxylic acids is 2. The van der Waals surface area contributed by atoms with Gasteiger partial charge in [-0.3, -0.25) is 9.59 Å². The Hall–Kier alpha value is -3.22. The van der Waals surface area contributed by atoms with E-state index in [1.165, 1.54) is 0 Å². The van der Waals surface area contributed by atoms with Gasteiger partial charge < -0.3 is 24.4 Å². The van der Waals surface area contributed by atoms with E-state index in [2.05, 4.69) is 19.2 Å². The van der Waals surface area contributed by atoms with E-state index < -0.39 is 0 Å². The Morgan fingerprint density at radius 3 is 2.18 bits per heavy atom. The van der Waals surface area contributed by atoms with Crippen molar-refractivity contribution in [1.82, 2.24) is 10.2 Å². The van der Waals surface area contributed by atoms with E-state index in [1.807, 2.05) is 42.5 Å². The van der Waals surface area contributed by atoms with E-state index in [4.69, 9.17) is 14.2 Å². The molecule has 178 valence electrons. The second kappa shape index (κ2) is 11.1. The summed E-state index contributed by atoms with van der Waals surface area (Å²) in [6, 6.07) is 13.4. The zero-order valence-corrected chi connectivity index (χ0v) is 20.1. The zero-order chi connectivity index (χ0) is 24.0. The van der Waals surface area contributed by atoms with Gasteiger partial charge in [0.25, 0.3) is 0 Å². The summed E-state index contributed by atoms with van der Waals surface area (Å²) < 4.78 is 16.5. The van der Waals surface area contributed by atoms with E-state index in [0.717, 1.165) is 11.1 Å². The number of amides is 2. The van der Waals surface area contributed by atoms with Gasteiger partial charge in [0.1, 0.15) is 0 Å². The van der Waals surface area contributed by atoms with Crippen LogP contribution in [-0.4, -0.2) is 57.7 Å². The summed E-state index contributed by atoms with van der Waals surface area (Å²) in [5.74, 6) is 1.31. The number of carbonyl (C=O) groups is 2. The second-order valence-corrected chi connectivity index (χ2v) is 8.77. The highest BCUT2D eigenvalue weighted by molar-refractivity contribution is 5.84. The molecule has 7 heteroatoms. The van der Waals surface area contributed by atoms with Crippen LogP contribution in [0.1, 0.15) is 30.9 Å². The first-order valence-corrected chi connectivity index (χ1v) is 11.3. The highest BCUT2D eigenvalue weighted by Gasteiger charge is 2.41. The molecule has 1 N–H and O–H groups in total. The molecular formula is C26H34N2O5. The van der Waals surface area contributed by atoms with Gasteiger partial charge in [-0.05, 0) is 29.2 Å². The Morgan fingerprint density at radius 2 is 1.64 bits per heavy atom. The van der Waals surface area contributed by atoms with Crippen LogP contribution in [0, 0.1) is 11.8 Å². The molecule has 0 aliphatic carbocycles. The van der Waals surface area contributed by atoms with Gasteiger partial charge in [0.2, 0.25) is 17.6 Å². The number of methoxy groups -OCH3 is 3. The maximum Gasteiger partial charge on any atom is 0.227 e. The smallest absolute Gasteiger partial charge is 0.227 e. The highest BCUT2D eigenvalue weighted by atomic mass is 16.5. The van der Waals surface area contributed by atoms with Crippen molar-refractivity contribution in [2.24, 2.45) is 11.8 Å². The van der Waals surface area contributed by atoms with E-state index >= 15 is 0 Å². The van der Waals surface area contributed by atoms with Crippen LogP contribution in [0.15, 0.2) is 42.5 Å². The number of likely N-dealkylation sites (tertiary alicyclic amines) is 1. The monoisotopic (exact) mass is 454 g/mol. The molecule has 2 amide bonds. The van der Waals surface area contributed by atoms with Gasteiger partial charge in [-0.2, -0.15) is 0 Å². The lowest BCUT2D eigenvalue weighted by atomic mass is 9.87. The lowest BCUT2D eigenvalue weighted by Gasteiger charge is -2.21. The molecule has 1 saturated heterocycles. The summed E-state index contributed by atoms with van der Waals surface area (Å²) in [7, 11) is 4.69. The van der Waals surface area contributed by atoms with Crippen molar-refractivity contribution < 1.29 is 23.8 Å². The molecule has 0 bridgehead atoms. The van der Waals surface area contributed by atoms with Gasteiger partial charge in [-0.15, -0.1) is 0 Å². The van der Waals surface area contributed by atoms with Crippen molar-refractivity contribution in [3.05, 3.63) is 53.6 Å². The van der Waals surface area contributed by atoms with Crippen LogP contribution in [0.25, 0.3) is 0 Å². The molecular weight excluding hydrogens is 420 g/mol. The summed E-state index contributed by atoms with van der Waals surface area (Å²) in [5.41, 5.74) is 1.84. The van der Waals surface area contributed by atoms with Crippen LogP contribution in [-0.2, 0) is 16.0 Å². The maximum atomic E-state index is 13.2. The molecule has 33 heavy (non-hydrogen) atoms. The van der Waals surface area contributed by atoms with E-state index in [1.54, 1.807) is 26.2 Å². The van der Waals surface area contributed by atoms with Crippen molar-refractivity contribution in [3.63, 3.8) is 0 Å². The average Bonchev–Trinajstić information content (AvgIpc) is 3.28. The maximum absolute atomic E-state index is 13.2. The predicted molar refractivity (Wildman–Crippen MR) is 127 cm³/mol. The third kappa shape index (κ3) is 5.78. The molecule has 2 unspecified atom stereocenters. The largest absolute Gasteiger partial charge is 0.493 e. The Labute approximate surface area is 196 Å². The summed E-state index contributed by atoms with van der Waals surface area (Å²) >= 11 is 0. The molecule has 2 aromatic carbocycles. The second-order valence-electron chi connectivity index (χ2n) is 8.77. The number of hydrogen-bond acceptors (Lipinski definition) is 5. The first-order valence-electron chi connectivity index (χ1n) is 11.3. The van der Waals surface area contributed by atoms with Crippen molar-refractivity contribution in [2.45, 2.75) is 26.2 Å². The van der Waals surface area contributed by atoms with Gasteiger partial charge in [-0.25, -0.2) is 0 Å². The number of rotatable bonds is 9. The molecule has 0 saturated carbocycles. The number of benzene rings is 2. The van der Waals surface area contributed by atoms with Crippen molar-refractivity contribution in [1.29, 1.82) is 0 Å². The van der Waals surface area contributed by atoms with Crippen LogP contribution in [0.3, 0.4) is 0 Å². The summed E-state index contributed by atoms with van der Waals surface area (Å²) in [5, 5.41) is 3.05. The van der Waals surface area contributed by atoms with E-state index in [0.29, 0.717) is 49.2 Å². The fraction of sp³-hybridized carbons (Fsp3) is 0.462. The van der Waals surface area contributed by atoms with Gasteiger partial charge in [0, 0.05) is 25.6 Å². The van der Waals surface area contributed by atoms with Crippen LogP contribution < -0.4 is 19.5 Å². The van der Waals surface area contributed by atoms with Gasteiger partial charge in [0.05, 0.1) is 33.7 Å². The summed E-state index contributed by atoms with van der Waals surface area (Å²) in [6.45, 7) is 5.53. The molecule has 1 aliphatic rings. The summed E-state index contributed by atoms with van der Waals surface area (Å²) in [6.07, 6.45) is 0.309. The molecule has 1 aliphatic heterocycles. The lowest BCUT2D eigenvalue weighted by molar-refractivity contribution is -0.130. The lowest BCUT2D eigenvalue weighted by Crippen LogP contribution is -2.37. The Morgan fingerprint density at radius 1 is 1.00 bits per heavy atom. The van der Waals surface area contributed by atoms with Gasteiger partial charge in [-0.1, -0.05) is 44.2 Å². The Bertz CT molecular complexity index is 935. The molecule has 2 atom stereocenters. The molecule has 1 fully saturated rings. The van der Waals surface area contributed by atoms with Gasteiger partial charge in [0.15, 0.2) is 11.5 Å². The fourth-order valence-electron chi connectivity index (χ4n) is 4.24. The van der Waals surface area contributed by atoms with Gasteiger partial charge >= 0.3 is 0 Å². The minimum Gasteiger partial charge on any atom is -0.493 e. The average molecular weight is 455 g/mol. The van der Waals surface area contributed by atoms with Crippen LogP contribution in [0.2, 0.25) is 0 Å². The number of nitrogens with one attached hydrogen (secondary N) is 1. The Kier molecular flexibility index (Phi) is 8.20. The minimum absolute atomic E-state index is 0.0119. The highest BCUT2D eigenvalue weighted by Crippen LogP contribution is 2.43. The van der Waals surface area contributed by atoms with Crippen molar-refractivity contribution >= 4 is 11.8 Å². The van der Waals surface area contributed by atoms with Crippen molar-refractivity contribution in [3.8, 4) is 17.2 Å². The van der Waals surface area contributed by atoms with Crippen LogP contribution >= 0.6 is 0 Å². The molecule has 0 spiro atoms. The van der Waals surface area contributed by atoms with E-state index in [-0.39, 0.29) is 23.7 Å². The molecule has 7 nitrogen and oxygen atoms in total. The number of ether oxygens (including phenoxy) is 3. The first-order chi connectivity index (χ1) is 15.9.